The first-order chi connectivity index (χ1) is 9.84. The van der Waals surface area contributed by atoms with Crippen LogP contribution in [0, 0.1) is 0 Å². The molecule has 0 fully saturated rings. The van der Waals surface area contributed by atoms with E-state index >= 15 is 0 Å². The molecule has 0 saturated heterocycles. The van der Waals surface area contributed by atoms with Crippen LogP contribution in [0.15, 0.2) is 33.9 Å². The highest BCUT2D eigenvalue weighted by atomic mass is 16.4. The van der Waals surface area contributed by atoms with Crippen LogP contribution in [0.1, 0.15) is 12.5 Å². The number of hydrogen-bond donors (Lipinski definition) is 2. The van der Waals surface area contributed by atoms with Crippen LogP contribution in [0.25, 0.3) is 10.9 Å². The zero-order valence-corrected chi connectivity index (χ0v) is 11.1. The molecule has 8 heteroatoms. The van der Waals surface area contributed by atoms with Crippen LogP contribution in [0.2, 0.25) is 0 Å². The Balaban J connectivity index is 2.86. The summed E-state index contributed by atoms with van der Waals surface area (Å²) in [6.07, 6.45) is -0.636. The van der Waals surface area contributed by atoms with Crippen molar-refractivity contribution in [1.82, 2.24) is 9.13 Å². The molecule has 1 amide bonds. The number of aromatic nitrogens is 2. The molecule has 1 atom stereocenters. The zero-order chi connectivity index (χ0) is 15.7. The van der Waals surface area contributed by atoms with Gasteiger partial charge in [-0.05, 0) is 12.1 Å². The lowest BCUT2D eigenvalue weighted by Gasteiger charge is -2.15. The first-order valence-corrected chi connectivity index (χ1v) is 6.06. The third-order valence-electron chi connectivity index (χ3n) is 3.20. The molecule has 1 heterocycles. The second-order valence-corrected chi connectivity index (χ2v) is 4.56. The fraction of sp³-hybridized carbons (Fsp3) is 0.231. The predicted octanol–water partition coefficient (Wildman–Crippen LogP) is -0.799. The van der Waals surface area contributed by atoms with Crippen molar-refractivity contribution < 1.29 is 14.7 Å². The smallest absolute Gasteiger partial charge is 0.332 e. The average molecular weight is 291 g/mol. The van der Waals surface area contributed by atoms with Gasteiger partial charge >= 0.3 is 11.7 Å². The molecular formula is C13H13N3O5. The number of carboxylic acids is 1. The van der Waals surface area contributed by atoms with Crippen LogP contribution in [0.4, 0.5) is 0 Å². The largest absolute Gasteiger partial charge is 0.480 e. The van der Waals surface area contributed by atoms with Gasteiger partial charge in [-0.3, -0.25) is 14.2 Å². The van der Waals surface area contributed by atoms with Crippen molar-refractivity contribution in [2.75, 3.05) is 0 Å². The lowest BCUT2D eigenvalue weighted by molar-refractivity contribution is -0.143. The number of carbonyl (C=O) groups is 2. The van der Waals surface area contributed by atoms with Gasteiger partial charge in [0.05, 0.1) is 17.3 Å². The van der Waals surface area contributed by atoms with E-state index in [1.807, 2.05) is 0 Å². The normalized spacial score (nSPS) is 12.2. The number of fused-ring (bicyclic) bond motifs is 1. The summed E-state index contributed by atoms with van der Waals surface area (Å²) in [6, 6.07) is 4.69. The molecule has 0 saturated carbocycles. The Morgan fingerprint density at radius 2 is 1.90 bits per heavy atom. The highest BCUT2D eigenvalue weighted by Crippen LogP contribution is 2.11. The molecule has 3 N–H and O–H groups in total. The average Bonchev–Trinajstić information content (AvgIpc) is 2.43. The van der Waals surface area contributed by atoms with Crippen LogP contribution in [0.3, 0.4) is 0 Å². The highest BCUT2D eigenvalue weighted by Gasteiger charge is 2.27. The van der Waals surface area contributed by atoms with E-state index in [-0.39, 0.29) is 5.39 Å². The van der Waals surface area contributed by atoms with Crippen molar-refractivity contribution in [2.24, 2.45) is 12.8 Å². The number of aliphatic carboxylic acids is 1. The number of amides is 1. The maximum Gasteiger partial charge on any atom is 0.332 e. The van der Waals surface area contributed by atoms with E-state index in [2.05, 4.69) is 0 Å². The molecule has 0 bridgehead atoms. The van der Waals surface area contributed by atoms with E-state index in [9.17, 15) is 24.3 Å². The second-order valence-electron chi connectivity index (χ2n) is 4.56. The van der Waals surface area contributed by atoms with Crippen molar-refractivity contribution in [3.63, 3.8) is 0 Å². The number of carbonyl (C=O) groups excluding carboxylic acids is 1. The molecule has 21 heavy (non-hydrogen) atoms. The molecule has 2 aromatic rings. The quantitative estimate of drug-likeness (QED) is 0.763. The van der Waals surface area contributed by atoms with Gasteiger partial charge in [0.2, 0.25) is 5.91 Å². The van der Waals surface area contributed by atoms with Gasteiger partial charge < -0.3 is 10.8 Å². The minimum Gasteiger partial charge on any atom is -0.480 e. The first kappa shape index (κ1) is 14.5. The van der Waals surface area contributed by atoms with Gasteiger partial charge in [0.25, 0.3) is 5.56 Å². The molecule has 0 aliphatic carbocycles. The monoisotopic (exact) mass is 291 g/mol. The summed E-state index contributed by atoms with van der Waals surface area (Å²) >= 11 is 0. The van der Waals surface area contributed by atoms with Crippen molar-refractivity contribution >= 4 is 22.8 Å². The predicted molar refractivity (Wildman–Crippen MR) is 73.9 cm³/mol. The van der Waals surface area contributed by atoms with E-state index in [1.165, 1.54) is 13.1 Å². The number of aryl methyl sites for hydroxylation is 1. The number of nitrogens with two attached hydrogens (primary N) is 1. The molecule has 0 aliphatic rings. The molecule has 8 nitrogen and oxygen atoms in total. The Kier molecular flexibility index (Phi) is 3.62. The lowest BCUT2D eigenvalue weighted by Crippen LogP contribution is -2.44. The van der Waals surface area contributed by atoms with Crippen molar-refractivity contribution in [1.29, 1.82) is 0 Å². The summed E-state index contributed by atoms with van der Waals surface area (Å²) in [4.78, 5) is 46.9. The van der Waals surface area contributed by atoms with Gasteiger partial charge in [0, 0.05) is 7.05 Å². The molecule has 1 aromatic carbocycles. The molecule has 0 spiro atoms. The van der Waals surface area contributed by atoms with Crippen molar-refractivity contribution in [3.05, 3.63) is 45.1 Å². The van der Waals surface area contributed by atoms with E-state index in [4.69, 9.17) is 5.73 Å². The summed E-state index contributed by atoms with van der Waals surface area (Å²) in [7, 11) is 1.42. The molecule has 0 aliphatic heterocycles. The van der Waals surface area contributed by atoms with Gasteiger partial charge in [-0.15, -0.1) is 0 Å². The Labute approximate surface area is 118 Å². The summed E-state index contributed by atoms with van der Waals surface area (Å²) in [5.74, 6) is -2.38. The maximum atomic E-state index is 12.4. The van der Waals surface area contributed by atoms with E-state index in [0.29, 0.717) is 10.1 Å². The topological polar surface area (TPSA) is 124 Å². The Morgan fingerprint density at radius 3 is 2.48 bits per heavy atom. The van der Waals surface area contributed by atoms with E-state index in [1.54, 1.807) is 18.2 Å². The number of carboxylic acid groups (broad SMARTS) is 1. The fourth-order valence-electron chi connectivity index (χ4n) is 2.18. The highest BCUT2D eigenvalue weighted by molar-refractivity contribution is 5.83. The van der Waals surface area contributed by atoms with Gasteiger partial charge in [-0.1, -0.05) is 12.1 Å². The number of primary amides is 1. The van der Waals surface area contributed by atoms with Crippen molar-refractivity contribution in [3.8, 4) is 0 Å². The minimum atomic E-state index is -1.63. The van der Waals surface area contributed by atoms with E-state index < -0.39 is 35.6 Å². The first-order valence-electron chi connectivity index (χ1n) is 6.06. The van der Waals surface area contributed by atoms with Crippen LogP contribution >= 0.6 is 0 Å². The minimum absolute atomic E-state index is 0.190. The van der Waals surface area contributed by atoms with Crippen LogP contribution in [0.5, 0.6) is 0 Å². The third-order valence-corrected chi connectivity index (χ3v) is 3.20. The van der Waals surface area contributed by atoms with Gasteiger partial charge in [0.1, 0.15) is 6.04 Å². The lowest BCUT2D eigenvalue weighted by atomic mass is 10.1. The summed E-state index contributed by atoms with van der Waals surface area (Å²) in [6.45, 7) is 0. The fourth-order valence-corrected chi connectivity index (χ4v) is 2.18. The van der Waals surface area contributed by atoms with Crippen LogP contribution in [-0.4, -0.2) is 26.1 Å². The molecule has 0 unspecified atom stereocenters. The van der Waals surface area contributed by atoms with Gasteiger partial charge in [-0.25, -0.2) is 14.2 Å². The molecular weight excluding hydrogens is 278 g/mol. The molecule has 110 valence electrons. The van der Waals surface area contributed by atoms with Crippen LogP contribution in [-0.2, 0) is 16.6 Å². The number of benzene rings is 1. The number of rotatable bonds is 4. The number of hydrogen-bond acceptors (Lipinski definition) is 4. The Bertz CT molecular complexity index is 849. The molecule has 1 aromatic heterocycles. The SMILES string of the molecule is Cn1c(=O)n([C@@H](CC(N)=O)C(=O)O)c(=O)c2ccccc21. The zero-order valence-electron chi connectivity index (χ0n) is 11.1. The maximum absolute atomic E-state index is 12.4. The van der Waals surface area contributed by atoms with Gasteiger partial charge in [-0.2, -0.15) is 0 Å². The summed E-state index contributed by atoms with van der Waals surface area (Å²) in [5.41, 5.74) is 3.80. The Hall–Kier alpha value is -2.90. The molecule has 0 radical (unpaired) electrons. The number of nitrogens with zero attached hydrogens (tertiary/aromatic N) is 2. The third kappa shape index (κ3) is 2.42. The van der Waals surface area contributed by atoms with Crippen LogP contribution < -0.4 is 17.0 Å². The van der Waals surface area contributed by atoms with Gasteiger partial charge in [0.15, 0.2) is 0 Å². The second kappa shape index (κ2) is 5.23. The summed E-state index contributed by atoms with van der Waals surface area (Å²) in [5, 5.41) is 9.36. The van der Waals surface area contributed by atoms with Crippen molar-refractivity contribution in [2.45, 2.75) is 12.5 Å². The Morgan fingerprint density at radius 1 is 1.29 bits per heavy atom. The standard InChI is InChI=1S/C13H13N3O5/c1-15-8-5-3-2-4-7(8)11(18)16(13(15)21)9(12(19)20)6-10(14)17/h2-5,9H,6H2,1H3,(H2,14,17)(H,19,20)/t9-/m0/s1. The molecule has 2 rings (SSSR count). The van der Waals surface area contributed by atoms with E-state index in [0.717, 1.165) is 4.57 Å². The number of para-hydroxylation sites is 1. The summed E-state index contributed by atoms with van der Waals surface area (Å²) < 4.78 is 1.71.